The molecule has 0 unspecified atom stereocenters. The maximum Gasteiger partial charge on any atom is 0.137 e. The van der Waals surface area contributed by atoms with Crippen LogP contribution in [0.25, 0.3) is 28.2 Å². The summed E-state index contributed by atoms with van der Waals surface area (Å²) in [5.74, 6) is 0.622. The van der Waals surface area contributed by atoms with Gasteiger partial charge in [0.15, 0.2) is 0 Å². The van der Waals surface area contributed by atoms with Gasteiger partial charge in [-0.1, -0.05) is 18.2 Å². The second kappa shape index (κ2) is 10.4. The molecule has 4 rings (SSSR count). The highest BCUT2D eigenvalue weighted by molar-refractivity contribution is 5.95. The number of hydrogen-bond donors (Lipinski definition) is 2. The molecule has 3 aromatic rings. The number of rotatable bonds is 8. The van der Waals surface area contributed by atoms with Gasteiger partial charge in [-0.05, 0) is 36.4 Å². The first-order chi connectivity index (χ1) is 15.7. The number of fused-ring (bicyclic) bond motifs is 1. The lowest BCUT2D eigenvalue weighted by molar-refractivity contribution is 0.0254. The largest absolute Gasteiger partial charge is 0.489 e. The van der Waals surface area contributed by atoms with Crippen molar-refractivity contribution in [1.29, 1.82) is 5.26 Å². The van der Waals surface area contributed by atoms with Gasteiger partial charge in [0.05, 0.1) is 25.4 Å². The van der Waals surface area contributed by atoms with Crippen molar-refractivity contribution in [3.63, 3.8) is 0 Å². The smallest absolute Gasteiger partial charge is 0.137 e. The minimum Gasteiger partial charge on any atom is -0.489 e. The molecule has 0 atom stereocenters. The molecule has 0 radical (unpaired) electrons. The minimum atomic E-state index is 0.0877. The Morgan fingerprint density at radius 3 is 2.97 bits per heavy atom. The van der Waals surface area contributed by atoms with E-state index in [0.29, 0.717) is 31.1 Å². The standard InChI is InChI=1S/C25H28N4O3/c1-29(9-10-30)8-2-3-18-13-22-23(17-28-25(22)27-16-18)19-4-5-24(20(14-19)15-26)32-21-6-11-31-12-7-21/h2-5,13-14,16-17,21,30H,6-12H2,1H3,(H,27,28)/b3-2+. The van der Waals surface area contributed by atoms with Gasteiger partial charge in [0.25, 0.3) is 0 Å². The molecule has 2 aromatic heterocycles. The van der Waals surface area contributed by atoms with Gasteiger partial charge in [0.2, 0.25) is 0 Å². The number of pyridine rings is 1. The fourth-order valence-electron chi connectivity index (χ4n) is 3.84. The molecule has 2 N–H and O–H groups in total. The summed E-state index contributed by atoms with van der Waals surface area (Å²) in [7, 11) is 1.97. The van der Waals surface area contributed by atoms with Gasteiger partial charge in [0.1, 0.15) is 23.6 Å². The van der Waals surface area contributed by atoms with Gasteiger partial charge in [-0.2, -0.15) is 5.26 Å². The molecule has 7 nitrogen and oxygen atoms in total. The molecule has 32 heavy (non-hydrogen) atoms. The lowest BCUT2D eigenvalue weighted by Crippen LogP contribution is -2.26. The number of ether oxygens (including phenoxy) is 2. The summed E-state index contributed by atoms with van der Waals surface area (Å²) in [4.78, 5) is 9.80. The lowest BCUT2D eigenvalue weighted by atomic mass is 10.0. The van der Waals surface area contributed by atoms with Gasteiger partial charge < -0.3 is 24.5 Å². The van der Waals surface area contributed by atoms with E-state index in [4.69, 9.17) is 14.6 Å². The average molecular weight is 433 g/mol. The number of likely N-dealkylation sites (N-methyl/N-ethyl adjacent to an activating group) is 1. The van der Waals surface area contributed by atoms with Gasteiger partial charge in [-0.3, -0.25) is 0 Å². The number of nitrogens with zero attached hydrogens (tertiary/aromatic N) is 3. The van der Waals surface area contributed by atoms with Crippen molar-refractivity contribution in [2.75, 3.05) is 40.0 Å². The molecular weight excluding hydrogens is 404 g/mol. The molecule has 3 heterocycles. The first-order valence-corrected chi connectivity index (χ1v) is 10.9. The van der Waals surface area contributed by atoms with Crippen LogP contribution in [0.5, 0.6) is 5.75 Å². The number of aromatic nitrogens is 2. The average Bonchev–Trinajstić information content (AvgIpc) is 3.23. The molecule has 166 valence electrons. The fourth-order valence-corrected chi connectivity index (χ4v) is 3.84. The van der Waals surface area contributed by atoms with Crippen molar-refractivity contribution in [2.24, 2.45) is 0 Å². The molecule has 0 amide bonds. The maximum absolute atomic E-state index is 9.70. The molecule has 0 bridgehead atoms. The minimum absolute atomic E-state index is 0.0877. The zero-order valence-electron chi connectivity index (χ0n) is 18.3. The molecule has 7 heteroatoms. The Bertz CT molecular complexity index is 1130. The number of hydrogen-bond acceptors (Lipinski definition) is 6. The molecule has 1 aliphatic heterocycles. The quantitative estimate of drug-likeness (QED) is 0.565. The summed E-state index contributed by atoms with van der Waals surface area (Å²) >= 11 is 0. The number of aliphatic hydroxyl groups is 1. The van der Waals surface area contributed by atoms with E-state index in [9.17, 15) is 5.26 Å². The third-order valence-corrected chi connectivity index (χ3v) is 5.63. The zero-order chi connectivity index (χ0) is 22.3. The SMILES string of the molecule is CN(C/C=C/c1cnc2[nH]cc(-c3ccc(OC4CCOCC4)c(C#N)c3)c2c1)CCO. The topological polar surface area (TPSA) is 94.4 Å². The monoisotopic (exact) mass is 432 g/mol. The predicted molar refractivity (Wildman–Crippen MR) is 124 cm³/mol. The van der Waals surface area contributed by atoms with Crippen LogP contribution < -0.4 is 4.74 Å². The van der Waals surface area contributed by atoms with Crippen LogP contribution in [0, 0.1) is 11.3 Å². The number of benzene rings is 1. The van der Waals surface area contributed by atoms with Crippen LogP contribution in [0.1, 0.15) is 24.0 Å². The van der Waals surface area contributed by atoms with Crippen LogP contribution in [0.4, 0.5) is 0 Å². The van der Waals surface area contributed by atoms with E-state index in [-0.39, 0.29) is 12.7 Å². The summed E-state index contributed by atoms with van der Waals surface area (Å²) in [6.45, 7) is 2.93. The van der Waals surface area contributed by atoms with Crippen LogP contribution in [0.15, 0.2) is 42.7 Å². The van der Waals surface area contributed by atoms with Gasteiger partial charge >= 0.3 is 0 Å². The summed E-state index contributed by atoms with van der Waals surface area (Å²) in [6.07, 6.45) is 9.61. The molecule has 1 aliphatic rings. The lowest BCUT2D eigenvalue weighted by Gasteiger charge is -2.23. The predicted octanol–water partition coefficient (Wildman–Crippen LogP) is 3.60. The van der Waals surface area contributed by atoms with E-state index in [1.807, 2.05) is 48.6 Å². The Morgan fingerprint density at radius 1 is 1.34 bits per heavy atom. The van der Waals surface area contributed by atoms with Crippen LogP contribution in [-0.4, -0.2) is 66.0 Å². The van der Waals surface area contributed by atoms with Crippen LogP contribution >= 0.6 is 0 Å². The normalized spacial score (nSPS) is 14.9. The number of H-pyrrole nitrogens is 1. The highest BCUT2D eigenvalue weighted by Crippen LogP contribution is 2.32. The highest BCUT2D eigenvalue weighted by atomic mass is 16.5. The maximum atomic E-state index is 9.70. The summed E-state index contributed by atoms with van der Waals surface area (Å²) in [6, 6.07) is 10.1. The van der Waals surface area contributed by atoms with E-state index >= 15 is 0 Å². The third kappa shape index (κ3) is 5.17. The molecule has 0 spiro atoms. The van der Waals surface area contributed by atoms with Crippen molar-refractivity contribution in [2.45, 2.75) is 18.9 Å². The number of nitriles is 1. The zero-order valence-corrected chi connectivity index (χ0v) is 18.3. The Kier molecular flexibility index (Phi) is 7.17. The van der Waals surface area contributed by atoms with Crippen LogP contribution in [0.2, 0.25) is 0 Å². The van der Waals surface area contributed by atoms with Crippen molar-refractivity contribution >= 4 is 17.1 Å². The second-order valence-electron chi connectivity index (χ2n) is 8.01. The van der Waals surface area contributed by atoms with E-state index in [1.165, 1.54) is 0 Å². The summed E-state index contributed by atoms with van der Waals surface area (Å²) in [5, 5.41) is 19.7. The van der Waals surface area contributed by atoms with Gasteiger partial charge in [0, 0.05) is 49.3 Å². The van der Waals surface area contributed by atoms with Crippen molar-refractivity contribution < 1.29 is 14.6 Å². The Labute approximate surface area is 187 Å². The molecule has 1 fully saturated rings. The van der Waals surface area contributed by atoms with Crippen LogP contribution in [0.3, 0.4) is 0 Å². The summed E-state index contributed by atoms with van der Waals surface area (Å²) in [5.41, 5.74) is 4.26. The van der Waals surface area contributed by atoms with Crippen molar-refractivity contribution in [3.8, 4) is 22.9 Å². The molecular formula is C25H28N4O3. The van der Waals surface area contributed by atoms with E-state index in [1.54, 1.807) is 0 Å². The third-order valence-electron chi connectivity index (χ3n) is 5.63. The highest BCUT2D eigenvalue weighted by Gasteiger charge is 2.18. The Balaban J connectivity index is 1.57. The Hall–Kier alpha value is -3.18. The van der Waals surface area contributed by atoms with E-state index in [2.05, 4.69) is 28.2 Å². The number of aromatic amines is 1. The van der Waals surface area contributed by atoms with E-state index < -0.39 is 0 Å². The van der Waals surface area contributed by atoms with Crippen molar-refractivity contribution in [1.82, 2.24) is 14.9 Å². The number of aliphatic hydroxyl groups excluding tert-OH is 1. The van der Waals surface area contributed by atoms with Crippen LogP contribution in [-0.2, 0) is 4.74 Å². The first-order valence-electron chi connectivity index (χ1n) is 10.9. The first kappa shape index (κ1) is 22.0. The van der Waals surface area contributed by atoms with Gasteiger partial charge in [-0.25, -0.2) is 4.98 Å². The second-order valence-corrected chi connectivity index (χ2v) is 8.01. The molecule has 1 aromatic carbocycles. The van der Waals surface area contributed by atoms with Gasteiger partial charge in [-0.15, -0.1) is 0 Å². The molecule has 0 saturated carbocycles. The Morgan fingerprint density at radius 2 is 2.19 bits per heavy atom. The fraction of sp³-hybridized carbons (Fsp3) is 0.360. The van der Waals surface area contributed by atoms with E-state index in [0.717, 1.165) is 47.1 Å². The molecule has 1 saturated heterocycles. The van der Waals surface area contributed by atoms with Crippen molar-refractivity contribution in [3.05, 3.63) is 53.9 Å². The molecule has 0 aliphatic carbocycles. The number of nitrogens with one attached hydrogen (secondary N) is 1. The summed E-state index contributed by atoms with van der Waals surface area (Å²) < 4.78 is 11.5.